The minimum Gasteiger partial charge on any atom is -0.497 e. The molecular weight excluding hydrogens is 234 g/mol. The molecule has 1 heterocycles. The maximum atomic E-state index is 5.31. The molecule has 0 spiro atoms. The van der Waals surface area contributed by atoms with Crippen LogP contribution in [0.2, 0.25) is 0 Å². The van der Waals surface area contributed by atoms with E-state index in [4.69, 9.17) is 4.74 Å². The van der Waals surface area contributed by atoms with Crippen LogP contribution in [0.25, 0.3) is 6.08 Å². The lowest BCUT2D eigenvalue weighted by Gasteiger charge is -2.42. The van der Waals surface area contributed by atoms with Crippen molar-refractivity contribution in [3.05, 3.63) is 35.4 Å². The van der Waals surface area contributed by atoms with Crippen molar-refractivity contribution in [2.24, 2.45) is 0 Å². The number of methoxy groups -OCH3 is 1. The van der Waals surface area contributed by atoms with Crippen molar-refractivity contribution in [1.82, 2.24) is 4.90 Å². The Morgan fingerprint density at radius 3 is 2.84 bits per heavy atom. The van der Waals surface area contributed by atoms with Gasteiger partial charge in [-0.05, 0) is 56.5 Å². The van der Waals surface area contributed by atoms with Crippen molar-refractivity contribution in [3.8, 4) is 5.75 Å². The largest absolute Gasteiger partial charge is 0.497 e. The van der Waals surface area contributed by atoms with Crippen molar-refractivity contribution < 1.29 is 4.74 Å². The molecule has 1 aliphatic carbocycles. The molecule has 1 unspecified atom stereocenters. The molecule has 102 valence electrons. The summed E-state index contributed by atoms with van der Waals surface area (Å²) >= 11 is 0. The Hall–Kier alpha value is -1.28. The lowest BCUT2D eigenvalue weighted by atomic mass is 9.86. The van der Waals surface area contributed by atoms with Crippen molar-refractivity contribution in [3.63, 3.8) is 0 Å². The van der Waals surface area contributed by atoms with Crippen LogP contribution in [0.1, 0.15) is 37.7 Å². The lowest BCUT2D eigenvalue weighted by molar-refractivity contribution is 0.121. The fraction of sp³-hybridized carbons (Fsp3) is 0.529. The van der Waals surface area contributed by atoms with E-state index in [2.05, 4.69) is 29.2 Å². The van der Waals surface area contributed by atoms with Gasteiger partial charge in [0.1, 0.15) is 5.75 Å². The molecule has 3 rings (SSSR count). The molecule has 1 saturated heterocycles. The van der Waals surface area contributed by atoms with Gasteiger partial charge in [-0.2, -0.15) is 0 Å². The number of benzene rings is 1. The van der Waals surface area contributed by atoms with Gasteiger partial charge in [0.25, 0.3) is 0 Å². The first-order chi connectivity index (χ1) is 9.36. The van der Waals surface area contributed by atoms with E-state index in [0.717, 1.165) is 5.75 Å². The van der Waals surface area contributed by atoms with E-state index in [0.29, 0.717) is 6.04 Å². The van der Waals surface area contributed by atoms with Crippen LogP contribution in [0.15, 0.2) is 29.8 Å². The fourth-order valence-electron chi connectivity index (χ4n) is 3.20. The predicted octanol–water partition coefficient (Wildman–Crippen LogP) is 3.73. The molecule has 1 saturated carbocycles. The number of nitrogens with zero attached hydrogens (tertiary/aromatic N) is 1. The second-order valence-electron chi connectivity index (χ2n) is 5.65. The van der Waals surface area contributed by atoms with Crippen LogP contribution in [0.3, 0.4) is 0 Å². The van der Waals surface area contributed by atoms with Gasteiger partial charge in [0.05, 0.1) is 7.11 Å². The second-order valence-corrected chi connectivity index (χ2v) is 5.65. The Morgan fingerprint density at radius 2 is 2.11 bits per heavy atom. The maximum absolute atomic E-state index is 5.31. The second kappa shape index (κ2) is 5.79. The smallest absolute Gasteiger partial charge is 0.119 e. The minimum atomic E-state index is 0.703. The fourth-order valence-corrected chi connectivity index (χ4v) is 3.20. The molecule has 0 N–H and O–H groups in total. The summed E-state index contributed by atoms with van der Waals surface area (Å²) in [5.41, 5.74) is 2.90. The Morgan fingerprint density at radius 1 is 1.21 bits per heavy atom. The highest BCUT2D eigenvalue weighted by Crippen LogP contribution is 2.32. The van der Waals surface area contributed by atoms with E-state index < -0.39 is 0 Å². The molecule has 2 fully saturated rings. The van der Waals surface area contributed by atoms with Crippen LogP contribution in [0.4, 0.5) is 0 Å². The minimum absolute atomic E-state index is 0.703. The summed E-state index contributed by atoms with van der Waals surface area (Å²) in [5, 5.41) is 0. The first-order valence-electron chi connectivity index (χ1n) is 7.45. The highest BCUT2D eigenvalue weighted by molar-refractivity contribution is 5.56. The number of ether oxygens (including phenoxy) is 1. The van der Waals surface area contributed by atoms with E-state index in [-0.39, 0.29) is 0 Å². The summed E-state index contributed by atoms with van der Waals surface area (Å²) in [5.74, 6) is 0.950. The van der Waals surface area contributed by atoms with Crippen molar-refractivity contribution in [2.75, 3.05) is 20.2 Å². The first kappa shape index (κ1) is 12.7. The van der Waals surface area contributed by atoms with Crippen LogP contribution in [-0.4, -0.2) is 31.1 Å². The summed E-state index contributed by atoms with van der Waals surface area (Å²) in [6.07, 6.45) is 9.11. The van der Waals surface area contributed by atoms with E-state index in [1.807, 2.05) is 6.07 Å². The average molecular weight is 257 g/mol. The van der Waals surface area contributed by atoms with E-state index >= 15 is 0 Å². The first-order valence-corrected chi connectivity index (χ1v) is 7.45. The summed E-state index contributed by atoms with van der Waals surface area (Å²) in [6.45, 7) is 2.58. The molecule has 1 aromatic rings. The van der Waals surface area contributed by atoms with Crippen LogP contribution in [0, 0.1) is 0 Å². The summed E-state index contributed by atoms with van der Waals surface area (Å²) in [4.78, 5) is 2.64. The summed E-state index contributed by atoms with van der Waals surface area (Å²) in [7, 11) is 1.73. The van der Waals surface area contributed by atoms with Gasteiger partial charge in [-0.15, -0.1) is 0 Å². The van der Waals surface area contributed by atoms with E-state index in [1.54, 1.807) is 12.7 Å². The van der Waals surface area contributed by atoms with Gasteiger partial charge in [-0.1, -0.05) is 30.2 Å². The van der Waals surface area contributed by atoms with Crippen LogP contribution in [0.5, 0.6) is 5.75 Å². The van der Waals surface area contributed by atoms with Gasteiger partial charge in [0.2, 0.25) is 0 Å². The molecule has 2 nitrogen and oxygen atoms in total. The van der Waals surface area contributed by atoms with E-state index in [1.165, 1.54) is 50.8 Å². The number of rotatable bonds is 3. The Balaban J connectivity index is 1.82. The third kappa shape index (κ3) is 2.84. The number of likely N-dealkylation sites (tertiary alicyclic amines) is 1. The van der Waals surface area contributed by atoms with Gasteiger partial charge in [0, 0.05) is 6.04 Å². The van der Waals surface area contributed by atoms with Crippen LogP contribution >= 0.6 is 0 Å². The van der Waals surface area contributed by atoms with Crippen molar-refractivity contribution in [1.29, 1.82) is 0 Å². The summed E-state index contributed by atoms with van der Waals surface area (Å²) < 4.78 is 5.31. The zero-order valence-corrected chi connectivity index (χ0v) is 11.8. The molecule has 19 heavy (non-hydrogen) atoms. The number of hydrogen-bond donors (Lipinski definition) is 0. The standard InChI is InChI=1S/C17H23NO/c1-19-16-8-4-6-14(13-16)12-15-7-2-3-9-17(15)18-10-5-11-18/h4,6,8,12-13,17H,2-3,5,7,9-11H2,1H3. The topological polar surface area (TPSA) is 12.5 Å². The highest BCUT2D eigenvalue weighted by Gasteiger charge is 2.28. The molecule has 0 bridgehead atoms. The van der Waals surface area contributed by atoms with Crippen molar-refractivity contribution >= 4 is 6.08 Å². The monoisotopic (exact) mass is 257 g/mol. The third-order valence-corrected chi connectivity index (χ3v) is 4.40. The zero-order valence-electron chi connectivity index (χ0n) is 11.8. The van der Waals surface area contributed by atoms with Crippen LogP contribution in [-0.2, 0) is 0 Å². The van der Waals surface area contributed by atoms with Crippen LogP contribution < -0.4 is 4.74 Å². The van der Waals surface area contributed by atoms with Gasteiger partial charge in [-0.25, -0.2) is 0 Å². The molecule has 1 aromatic carbocycles. The van der Waals surface area contributed by atoms with Gasteiger partial charge in [-0.3, -0.25) is 4.90 Å². The normalized spacial score (nSPS) is 26.2. The molecule has 2 heteroatoms. The van der Waals surface area contributed by atoms with Gasteiger partial charge >= 0.3 is 0 Å². The molecule has 0 aromatic heterocycles. The average Bonchev–Trinajstić information content (AvgIpc) is 2.39. The maximum Gasteiger partial charge on any atom is 0.119 e. The SMILES string of the molecule is COc1cccc(C=C2CCCCC2N2CCC2)c1. The van der Waals surface area contributed by atoms with E-state index in [9.17, 15) is 0 Å². The third-order valence-electron chi connectivity index (χ3n) is 4.40. The molecule has 1 aliphatic heterocycles. The Kier molecular flexibility index (Phi) is 3.88. The lowest BCUT2D eigenvalue weighted by Crippen LogP contribution is -2.46. The van der Waals surface area contributed by atoms with Gasteiger partial charge < -0.3 is 4.74 Å². The molecular formula is C17H23NO. The summed E-state index contributed by atoms with van der Waals surface area (Å²) in [6, 6.07) is 9.10. The molecule has 2 aliphatic rings. The van der Waals surface area contributed by atoms with Crippen molar-refractivity contribution in [2.45, 2.75) is 38.1 Å². The number of hydrogen-bond acceptors (Lipinski definition) is 2. The highest BCUT2D eigenvalue weighted by atomic mass is 16.5. The quantitative estimate of drug-likeness (QED) is 0.818. The van der Waals surface area contributed by atoms with Gasteiger partial charge in [0.15, 0.2) is 0 Å². The Labute approximate surface area is 116 Å². The Bertz CT molecular complexity index is 462. The predicted molar refractivity (Wildman–Crippen MR) is 79.4 cm³/mol. The molecule has 0 radical (unpaired) electrons. The molecule has 0 amide bonds. The molecule has 1 atom stereocenters. The zero-order chi connectivity index (χ0) is 13.1.